The summed E-state index contributed by atoms with van der Waals surface area (Å²) >= 11 is 0. The van der Waals surface area contributed by atoms with E-state index < -0.39 is 6.03 Å². The van der Waals surface area contributed by atoms with Crippen LogP contribution in [0.15, 0.2) is 5.16 Å². The highest BCUT2D eigenvalue weighted by atomic mass is 16.4. The van der Waals surface area contributed by atoms with Gasteiger partial charge in [0.05, 0.1) is 6.54 Å². The predicted octanol–water partition coefficient (Wildman–Crippen LogP) is -1.26. The average molecular weight is 146 g/mol. The standard InChI is InChI=1S/C4H10N4O2/c1-8(4(6)9)2-3(5)7-10/h10H,2H2,1H3,(H2,5,7)(H2,6,9). The van der Waals surface area contributed by atoms with Gasteiger partial charge in [0, 0.05) is 7.05 Å². The molecule has 0 aromatic rings. The smallest absolute Gasteiger partial charge is 0.314 e. The molecule has 10 heavy (non-hydrogen) atoms. The maximum Gasteiger partial charge on any atom is 0.314 e. The highest BCUT2D eigenvalue weighted by molar-refractivity contribution is 5.85. The number of carbonyl (C=O) groups excluding carboxylic acids is 1. The summed E-state index contributed by atoms with van der Waals surface area (Å²) in [4.78, 5) is 11.4. The predicted molar refractivity (Wildman–Crippen MR) is 35.6 cm³/mol. The van der Waals surface area contributed by atoms with Crippen molar-refractivity contribution in [3.63, 3.8) is 0 Å². The first-order valence-electron chi connectivity index (χ1n) is 2.55. The van der Waals surface area contributed by atoms with E-state index in [4.69, 9.17) is 16.7 Å². The summed E-state index contributed by atoms with van der Waals surface area (Å²) in [6, 6.07) is -0.619. The lowest BCUT2D eigenvalue weighted by molar-refractivity contribution is 0.223. The molecule has 6 nitrogen and oxygen atoms in total. The zero-order chi connectivity index (χ0) is 8.15. The van der Waals surface area contributed by atoms with Crippen LogP contribution < -0.4 is 11.5 Å². The van der Waals surface area contributed by atoms with Gasteiger partial charge in [0.2, 0.25) is 0 Å². The highest BCUT2D eigenvalue weighted by Crippen LogP contribution is 1.79. The Hall–Kier alpha value is -1.46. The van der Waals surface area contributed by atoms with Gasteiger partial charge in [-0.1, -0.05) is 5.16 Å². The fourth-order valence-corrected chi connectivity index (χ4v) is 0.353. The molecule has 0 aromatic carbocycles. The second-order valence-corrected chi connectivity index (χ2v) is 1.79. The summed E-state index contributed by atoms with van der Waals surface area (Å²) in [5.41, 5.74) is 9.90. The van der Waals surface area contributed by atoms with E-state index in [1.54, 1.807) is 0 Å². The molecular weight excluding hydrogens is 136 g/mol. The first-order chi connectivity index (χ1) is 4.57. The molecule has 0 bridgehead atoms. The van der Waals surface area contributed by atoms with Gasteiger partial charge in [-0.3, -0.25) is 0 Å². The number of rotatable bonds is 2. The molecule has 0 heterocycles. The molecule has 2 amide bonds. The van der Waals surface area contributed by atoms with Crippen LogP contribution in [-0.4, -0.2) is 35.6 Å². The molecule has 5 N–H and O–H groups in total. The molecule has 0 aliphatic rings. The molecule has 0 aliphatic heterocycles. The fourth-order valence-electron chi connectivity index (χ4n) is 0.353. The van der Waals surface area contributed by atoms with Crippen molar-refractivity contribution in [3.05, 3.63) is 0 Å². The van der Waals surface area contributed by atoms with Gasteiger partial charge in [-0.05, 0) is 0 Å². The summed E-state index contributed by atoms with van der Waals surface area (Å²) in [6.45, 7) is 0.0336. The second kappa shape index (κ2) is 3.54. The van der Waals surface area contributed by atoms with E-state index in [0.29, 0.717) is 0 Å². The quantitative estimate of drug-likeness (QED) is 0.196. The van der Waals surface area contributed by atoms with Crippen LogP contribution in [0.5, 0.6) is 0 Å². The van der Waals surface area contributed by atoms with Crippen molar-refractivity contribution in [2.45, 2.75) is 0 Å². The number of nitrogens with zero attached hydrogens (tertiary/aromatic N) is 2. The zero-order valence-electron chi connectivity index (χ0n) is 5.61. The molecule has 0 saturated carbocycles. The maximum atomic E-state index is 10.3. The Kier molecular flexibility index (Phi) is 3.03. The van der Waals surface area contributed by atoms with Crippen LogP contribution in [0.4, 0.5) is 4.79 Å². The van der Waals surface area contributed by atoms with Crippen molar-refractivity contribution in [2.75, 3.05) is 13.6 Å². The number of hydrogen-bond donors (Lipinski definition) is 3. The number of primary amides is 1. The Morgan fingerprint density at radius 1 is 1.70 bits per heavy atom. The summed E-state index contributed by atoms with van der Waals surface area (Å²) in [7, 11) is 1.44. The minimum absolute atomic E-state index is 0.0336. The molecule has 0 fully saturated rings. The van der Waals surface area contributed by atoms with Crippen molar-refractivity contribution >= 4 is 11.9 Å². The fraction of sp³-hybridized carbons (Fsp3) is 0.500. The van der Waals surface area contributed by atoms with Crippen molar-refractivity contribution in [1.82, 2.24) is 4.90 Å². The maximum absolute atomic E-state index is 10.3. The van der Waals surface area contributed by atoms with E-state index in [9.17, 15) is 4.79 Å². The molecule has 58 valence electrons. The normalized spacial score (nSPS) is 11.1. The Morgan fingerprint density at radius 2 is 2.20 bits per heavy atom. The third-order valence-corrected chi connectivity index (χ3v) is 0.904. The van der Waals surface area contributed by atoms with E-state index in [-0.39, 0.29) is 12.4 Å². The number of oxime groups is 1. The number of carbonyl (C=O) groups is 1. The zero-order valence-corrected chi connectivity index (χ0v) is 5.61. The van der Waals surface area contributed by atoms with E-state index >= 15 is 0 Å². The Bertz CT molecular complexity index is 155. The Balaban J connectivity index is 3.80. The van der Waals surface area contributed by atoms with Gasteiger partial charge in [-0.2, -0.15) is 0 Å². The summed E-state index contributed by atoms with van der Waals surface area (Å²) in [6.07, 6.45) is 0. The van der Waals surface area contributed by atoms with Gasteiger partial charge in [0.15, 0.2) is 5.84 Å². The summed E-state index contributed by atoms with van der Waals surface area (Å²) in [5, 5.41) is 10.7. The lowest BCUT2D eigenvalue weighted by Gasteiger charge is -2.11. The van der Waals surface area contributed by atoms with E-state index in [0.717, 1.165) is 4.90 Å². The number of nitrogens with two attached hydrogens (primary N) is 2. The van der Waals surface area contributed by atoms with Crippen LogP contribution in [0, 0.1) is 0 Å². The minimum Gasteiger partial charge on any atom is -0.409 e. The van der Waals surface area contributed by atoms with Crippen LogP contribution in [-0.2, 0) is 0 Å². The second-order valence-electron chi connectivity index (χ2n) is 1.79. The molecule has 0 atom stereocenters. The molecule has 6 heteroatoms. The minimum atomic E-state index is -0.619. The van der Waals surface area contributed by atoms with Gasteiger partial charge in [0.1, 0.15) is 0 Å². The lowest BCUT2D eigenvalue weighted by Crippen LogP contribution is -2.38. The average Bonchev–Trinajstić information content (AvgIpc) is 1.87. The van der Waals surface area contributed by atoms with Crippen molar-refractivity contribution in [1.29, 1.82) is 0 Å². The SMILES string of the molecule is CN(CC(N)=NO)C(N)=O. The molecule has 0 rings (SSSR count). The van der Waals surface area contributed by atoms with Crippen LogP contribution in [0.2, 0.25) is 0 Å². The Morgan fingerprint density at radius 3 is 2.50 bits per heavy atom. The van der Waals surface area contributed by atoms with E-state index in [1.807, 2.05) is 0 Å². The molecular formula is C4H10N4O2. The van der Waals surface area contributed by atoms with Gasteiger partial charge in [-0.25, -0.2) is 4.79 Å². The third kappa shape index (κ3) is 2.75. The number of amides is 2. The summed E-state index contributed by atoms with van der Waals surface area (Å²) < 4.78 is 0. The number of hydrogen-bond acceptors (Lipinski definition) is 3. The molecule has 0 saturated heterocycles. The van der Waals surface area contributed by atoms with Crippen LogP contribution in [0.1, 0.15) is 0 Å². The van der Waals surface area contributed by atoms with Crippen molar-refractivity contribution < 1.29 is 10.0 Å². The number of likely N-dealkylation sites (N-methyl/N-ethyl adjacent to an activating group) is 1. The molecule has 0 spiro atoms. The van der Waals surface area contributed by atoms with E-state index in [2.05, 4.69) is 5.16 Å². The third-order valence-electron chi connectivity index (χ3n) is 0.904. The van der Waals surface area contributed by atoms with Crippen LogP contribution in [0.3, 0.4) is 0 Å². The molecule has 0 radical (unpaired) electrons. The van der Waals surface area contributed by atoms with Gasteiger partial charge < -0.3 is 21.6 Å². The van der Waals surface area contributed by atoms with Gasteiger partial charge in [-0.15, -0.1) is 0 Å². The topological polar surface area (TPSA) is 105 Å². The van der Waals surface area contributed by atoms with Crippen LogP contribution in [0.25, 0.3) is 0 Å². The first-order valence-corrected chi connectivity index (χ1v) is 2.55. The Labute approximate surface area is 58.1 Å². The number of amidine groups is 1. The van der Waals surface area contributed by atoms with E-state index in [1.165, 1.54) is 7.05 Å². The van der Waals surface area contributed by atoms with Gasteiger partial charge in [0.25, 0.3) is 0 Å². The lowest BCUT2D eigenvalue weighted by atomic mass is 10.5. The van der Waals surface area contributed by atoms with Gasteiger partial charge >= 0.3 is 6.03 Å². The summed E-state index contributed by atoms with van der Waals surface area (Å²) in [5.74, 6) is -0.0544. The van der Waals surface area contributed by atoms with Crippen molar-refractivity contribution in [2.24, 2.45) is 16.6 Å². The van der Waals surface area contributed by atoms with Crippen molar-refractivity contribution in [3.8, 4) is 0 Å². The monoisotopic (exact) mass is 146 g/mol. The number of urea groups is 1. The first kappa shape index (κ1) is 8.54. The molecule has 0 aromatic heterocycles. The van der Waals surface area contributed by atoms with Crippen LogP contribution >= 0.6 is 0 Å². The highest BCUT2D eigenvalue weighted by Gasteiger charge is 2.03. The molecule has 0 unspecified atom stereocenters. The largest absolute Gasteiger partial charge is 0.409 e. The molecule has 0 aliphatic carbocycles.